The molecule has 0 fully saturated rings. The Labute approximate surface area is 399 Å². The van der Waals surface area contributed by atoms with E-state index >= 15 is 0 Å². The predicted molar refractivity (Wildman–Crippen MR) is 274 cm³/mol. The Balaban J connectivity index is 0.000000182. The van der Waals surface area contributed by atoms with Gasteiger partial charge in [0.05, 0.1) is 35.3 Å². The molecule has 4 aromatic heterocycles. The Hall–Kier alpha value is -4.25. The van der Waals surface area contributed by atoms with Crippen LogP contribution in [0.5, 0.6) is 0 Å². The summed E-state index contributed by atoms with van der Waals surface area (Å²) in [5.41, 5.74) is 13.3. The normalized spacial score (nSPS) is 10.9. The van der Waals surface area contributed by atoms with Gasteiger partial charge >= 0.3 is 0 Å². The van der Waals surface area contributed by atoms with E-state index in [0.29, 0.717) is 23.6 Å². The van der Waals surface area contributed by atoms with Crippen LogP contribution in [-0.4, -0.2) is 34.4 Å². The van der Waals surface area contributed by atoms with Gasteiger partial charge in [-0.1, -0.05) is 78.6 Å². The number of aliphatic hydroxyl groups is 2. The second kappa shape index (κ2) is 27.3. The monoisotopic (exact) mass is 958 g/mol. The molecule has 2 N–H and O–H groups in total. The second-order valence-corrected chi connectivity index (χ2v) is 19.0. The average Bonchev–Trinajstić information content (AvgIpc) is 3.30. The zero-order valence-corrected chi connectivity index (χ0v) is 41.2. The van der Waals surface area contributed by atoms with Gasteiger partial charge in [0.15, 0.2) is 0 Å². The number of fused-ring (bicyclic) bond motifs is 4. The zero-order valence-electron chi connectivity index (χ0n) is 37.4. The maximum Gasteiger partial charge on any atom is 0.211 e. The van der Waals surface area contributed by atoms with E-state index in [4.69, 9.17) is 37.6 Å². The van der Waals surface area contributed by atoms with Crippen LogP contribution >= 0.6 is 44.6 Å². The van der Waals surface area contributed by atoms with Gasteiger partial charge in [-0.2, -0.15) is 0 Å². The smallest absolute Gasteiger partial charge is 0.211 e. The van der Waals surface area contributed by atoms with Crippen molar-refractivity contribution in [3.63, 3.8) is 0 Å². The van der Waals surface area contributed by atoms with E-state index in [-0.39, 0.29) is 13.2 Å². The molecule has 0 aliphatic heterocycles. The second-order valence-electron chi connectivity index (χ2n) is 15.9. The van der Waals surface area contributed by atoms with Crippen LogP contribution in [0.25, 0.3) is 43.6 Å². The minimum absolute atomic E-state index is 0.0852. The molecule has 0 atom stereocenters. The molecule has 0 aliphatic rings. The lowest BCUT2D eigenvalue weighted by atomic mass is 10.0. The van der Waals surface area contributed by atoms with Crippen LogP contribution in [0, 0.1) is 0 Å². The summed E-state index contributed by atoms with van der Waals surface area (Å²) in [4.78, 5) is 17.7. The molecule has 0 radical (unpaired) electrons. The first-order valence-corrected chi connectivity index (χ1v) is 25.3. The van der Waals surface area contributed by atoms with Gasteiger partial charge in [-0.3, -0.25) is 19.9 Å². The average molecular weight is 961 g/mol. The fraction of sp³-hybridized carbons (Fsp3) is 0.308. The number of aryl methyl sites for hydroxylation is 2. The van der Waals surface area contributed by atoms with Crippen molar-refractivity contribution in [1.82, 2.24) is 19.9 Å². The van der Waals surface area contributed by atoms with Crippen LogP contribution in [0.4, 0.5) is 0 Å². The van der Waals surface area contributed by atoms with Crippen molar-refractivity contribution in [3.8, 4) is 0 Å². The van der Waals surface area contributed by atoms with Gasteiger partial charge in [-0.15, -0.1) is 23.2 Å². The molecule has 0 saturated carbocycles. The highest BCUT2D eigenvalue weighted by molar-refractivity contribution is 8.26. The van der Waals surface area contributed by atoms with Gasteiger partial charge < -0.3 is 10.2 Å². The Morgan fingerprint density at radius 2 is 0.750 bits per heavy atom. The number of halogens is 4. The summed E-state index contributed by atoms with van der Waals surface area (Å²) < 4.78 is 9.09. The summed E-state index contributed by atoms with van der Waals surface area (Å²) in [5.74, 6) is 2.12. The minimum Gasteiger partial charge on any atom is -0.392 e. The van der Waals surface area contributed by atoms with Gasteiger partial charge in [0, 0.05) is 79.5 Å². The van der Waals surface area contributed by atoms with Crippen LogP contribution in [0.1, 0.15) is 111 Å². The molecule has 64 heavy (non-hydrogen) atoms. The standard InChI is InChI=1S/2C13H14ClN.2C13H15NO.Cl2OS/c1-9(2)12-6-11-5-10(7-14)3-4-13(11)15-8-12;1-2-3-11-7-12-6-10(8-14)4-5-13(12)15-9-11;1-9(2)12-6-11-5-10(8-15)3-4-13(11)14-7-12;1-2-3-10-6-12-7-11(9-15)4-5-13(12)14-8-10;1-4(2)3/h3-6,8-9H,7H2,1-2H3;4-7,9H,2-3,8H2,1H3;3-7,9,15H,8H2,1-2H3;4-8,15H,2-3,9H2,1H3;. The fourth-order valence-electron chi connectivity index (χ4n) is 6.69. The number of alkyl halides is 2. The SMILES string of the molecule is CC(C)c1cnc2ccc(CCl)cc2c1.CC(C)c1cnc2ccc(CO)cc2c1.CCCc1cnc2ccc(CCl)cc2c1.CCCc1cnc2ccc(CO)cc2c1.O=S(Cl)Cl. The number of hydrogen-bond acceptors (Lipinski definition) is 7. The van der Waals surface area contributed by atoms with E-state index in [0.717, 1.165) is 80.8 Å². The van der Waals surface area contributed by atoms with Crippen molar-refractivity contribution in [3.05, 3.63) is 166 Å². The quantitative estimate of drug-likeness (QED) is 0.104. The number of rotatable bonds is 10. The first kappa shape index (κ1) is 52.4. The lowest BCUT2D eigenvalue weighted by Gasteiger charge is -2.06. The van der Waals surface area contributed by atoms with Crippen molar-refractivity contribution < 1.29 is 14.4 Å². The van der Waals surface area contributed by atoms with Crippen LogP contribution in [0.15, 0.2) is 122 Å². The molecule has 8 aromatic rings. The minimum atomic E-state index is -1.67. The van der Waals surface area contributed by atoms with Gasteiger partial charge in [-0.05, 0) is 142 Å². The molecule has 8 rings (SSSR count). The molecule has 4 heterocycles. The van der Waals surface area contributed by atoms with E-state index in [2.05, 4.69) is 119 Å². The molecule has 0 amide bonds. The van der Waals surface area contributed by atoms with E-state index in [1.54, 1.807) is 0 Å². The topological polar surface area (TPSA) is 109 Å². The molecular weight excluding hydrogens is 902 g/mol. The van der Waals surface area contributed by atoms with Crippen molar-refractivity contribution in [2.24, 2.45) is 0 Å². The maximum absolute atomic E-state index is 9.09. The van der Waals surface area contributed by atoms with E-state index < -0.39 is 9.23 Å². The first-order valence-electron chi connectivity index (χ1n) is 21.4. The van der Waals surface area contributed by atoms with Gasteiger partial charge in [0.2, 0.25) is 9.23 Å². The third kappa shape index (κ3) is 16.6. The molecule has 4 aromatic carbocycles. The Kier molecular flexibility index (Phi) is 22.3. The van der Waals surface area contributed by atoms with Crippen molar-refractivity contribution in [2.45, 2.75) is 104 Å². The number of pyridine rings is 4. The lowest BCUT2D eigenvalue weighted by molar-refractivity contribution is 0.282. The number of hydrogen-bond donors (Lipinski definition) is 2. The highest BCUT2D eigenvalue weighted by atomic mass is 36.0. The van der Waals surface area contributed by atoms with Gasteiger partial charge in [0.1, 0.15) is 0 Å². The maximum atomic E-state index is 9.09. The number of nitrogens with zero attached hydrogens (tertiary/aromatic N) is 4. The number of aliphatic hydroxyl groups excluding tert-OH is 2. The molecule has 0 bridgehead atoms. The first-order chi connectivity index (χ1) is 30.8. The molecule has 338 valence electrons. The third-order valence-corrected chi connectivity index (χ3v) is 10.8. The van der Waals surface area contributed by atoms with Crippen LogP contribution < -0.4 is 0 Å². The highest BCUT2D eigenvalue weighted by Crippen LogP contribution is 2.23. The summed E-state index contributed by atoms with van der Waals surface area (Å²) >= 11 is 11.6. The highest BCUT2D eigenvalue weighted by Gasteiger charge is 2.05. The molecule has 0 aliphatic carbocycles. The number of aromatic nitrogens is 4. The van der Waals surface area contributed by atoms with Crippen LogP contribution in [0.2, 0.25) is 0 Å². The Bertz CT molecular complexity index is 2550. The van der Waals surface area contributed by atoms with Crippen molar-refractivity contribution >= 4 is 97.4 Å². The molecule has 0 spiro atoms. The lowest BCUT2D eigenvalue weighted by Crippen LogP contribution is -1.90. The summed E-state index contributed by atoms with van der Waals surface area (Å²) in [5, 5.41) is 22.7. The van der Waals surface area contributed by atoms with E-state index in [1.807, 2.05) is 85.5 Å². The summed E-state index contributed by atoms with van der Waals surface area (Å²) in [7, 11) is 7.36. The number of benzene rings is 4. The fourth-order valence-corrected chi connectivity index (χ4v) is 7.03. The largest absolute Gasteiger partial charge is 0.392 e. The summed E-state index contributed by atoms with van der Waals surface area (Å²) in [6, 6.07) is 32.8. The Morgan fingerprint density at radius 1 is 0.469 bits per heavy atom. The summed E-state index contributed by atoms with van der Waals surface area (Å²) in [6.45, 7) is 13.2. The van der Waals surface area contributed by atoms with Crippen molar-refractivity contribution in [2.75, 3.05) is 0 Å². The van der Waals surface area contributed by atoms with Gasteiger partial charge in [-0.25, -0.2) is 4.21 Å². The summed E-state index contributed by atoms with van der Waals surface area (Å²) in [6.07, 6.45) is 12.2. The van der Waals surface area contributed by atoms with E-state index in [9.17, 15) is 0 Å². The van der Waals surface area contributed by atoms with Crippen LogP contribution in [0.3, 0.4) is 0 Å². The molecule has 12 heteroatoms. The molecule has 0 saturated heterocycles. The van der Waals surface area contributed by atoms with E-state index in [1.165, 1.54) is 33.0 Å². The van der Waals surface area contributed by atoms with Gasteiger partial charge in [0.25, 0.3) is 0 Å². The molecule has 7 nitrogen and oxygen atoms in total. The molecule has 0 unspecified atom stereocenters. The van der Waals surface area contributed by atoms with Crippen LogP contribution in [-0.2, 0) is 47.0 Å². The zero-order chi connectivity index (χ0) is 46.6. The third-order valence-electron chi connectivity index (χ3n) is 10.2. The Morgan fingerprint density at radius 3 is 1.05 bits per heavy atom. The predicted octanol–water partition coefficient (Wildman–Crippen LogP) is 14.6. The molecular formula is C52H58Cl4N4O3S. The van der Waals surface area contributed by atoms with Crippen molar-refractivity contribution in [1.29, 1.82) is 0 Å².